The Balaban J connectivity index is 1.47. The van der Waals surface area contributed by atoms with Crippen molar-refractivity contribution < 1.29 is 18.7 Å². The van der Waals surface area contributed by atoms with Crippen LogP contribution in [0, 0.1) is 5.82 Å². The van der Waals surface area contributed by atoms with E-state index in [-0.39, 0.29) is 11.7 Å². The van der Waals surface area contributed by atoms with E-state index in [0.717, 1.165) is 43.9 Å². The molecule has 1 saturated heterocycles. The molecule has 1 N–H and O–H groups in total. The number of amides is 1. The highest BCUT2D eigenvalue weighted by molar-refractivity contribution is 9.10. The SMILES string of the molecule is CN(CCOc1cccc(CNC(=O)c2ccc(F)cc2Br)c1)C1CCOCC1. The van der Waals surface area contributed by atoms with Gasteiger partial charge in [0.25, 0.3) is 5.91 Å². The molecular weight excluding hydrogens is 439 g/mol. The van der Waals surface area contributed by atoms with Crippen molar-refractivity contribution in [3.8, 4) is 5.75 Å². The summed E-state index contributed by atoms with van der Waals surface area (Å²) in [6.07, 6.45) is 2.13. The Morgan fingerprint density at radius 3 is 2.83 bits per heavy atom. The van der Waals surface area contributed by atoms with Gasteiger partial charge in [-0.1, -0.05) is 12.1 Å². The molecule has 0 saturated carbocycles. The fraction of sp³-hybridized carbons (Fsp3) is 0.409. The lowest BCUT2D eigenvalue weighted by Crippen LogP contribution is -2.38. The molecule has 29 heavy (non-hydrogen) atoms. The summed E-state index contributed by atoms with van der Waals surface area (Å²) in [6.45, 7) is 3.48. The summed E-state index contributed by atoms with van der Waals surface area (Å²) in [5.74, 6) is 0.127. The van der Waals surface area contributed by atoms with Gasteiger partial charge in [-0.05, 0) is 71.7 Å². The molecule has 0 atom stereocenters. The highest BCUT2D eigenvalue weighted by atomic mass is 79.9. The zero-order chi connectivity index (χ0) is 20.6. The number of likely N-dealkylation sites (N-methyl/N-ethyl adjacent to an activating group) is 1. The summed E-state index contributed by atoms with van der Waals surface area (Å²) >= 11 is 3.22. The van der Waals surface area contributed by atoms with E-state index in [1.165, 1.54) is 18.2 Å². The fourth-order valence-corrected chi connectivity index (χ4v) is 3.84. The molecule has 7 heteroatoms. The van der Waals surface area contributed by atoms with E-state index in [4.69, 9.17) is 9.47 Å². The van der Waals surface area contributed by atoms with Gasteiger partial charge in [-0.3, -0.25) is 9.69 Å². The molecule has 5 nitrogen and oxygen atoms in total. The Hall–Kier alpha value is -1.96. The Labute approximate surface area is 179 Å². The zero-order valence-electron chi connectivity index (χ0n) is 16.5. The minimum absolute atomic E-state index is 0.263. The molecule has 0 aromatic heterocycles. The van der Waals surface area contributed by atoms with Crippen LogP contribution in [-0.2, 0) is 11.3 Å². The van der Waals surface area contributed by atoms with Gasteiger partial charge in [0.1, 0.15) is 18.2 Å². The lowest BCUT2D eigenvalue weighted by atomic mass is 10.1. The first kappa shape index (κ1) is 21.7. The Morgan fingerprint density at radius 2 is 2.07 bits per heavy atom. The van der Waals surface area contributed by atoms with Crippen LogP contribution >= 0.6 is 15.9 Å². The number of hydrogen-bond donors (Lipinski definition) is 1. The number of nitrogens with one attached hydrogen (secondary N) is 1. The number of nitrogens with zero attached hydrogens (tertiary/aromatic N) is 1. The second kappa shape index (κ2) is 10.7. The van der Waals surface area contributed by atoms with Crippen molar-refractivity contribution in [2.24, 2.45) is 0 Å². The number of carbonyl (C=O) groups excluding carboxylic acids is 1. The normalized spacial score (nSPS) is 14.8. The molecule has 0 bridgehead atoms. The Kier molecular flexibility index (Phi) is 8.03. The van der Waals surface area contributed by atoms with Crippen molar-refractivity contribution in [2.75, 3.05) is 33.4 Å². The smallest absolute Gasteiger partial charge is 0.252 e. The van der Waals surface area contributed by atoms with Crippen LogP contribution in [0.15, 0.2) is 46.9 Å². The van der Waals surface area contributed by atoms with Crippen LogP contribution in [0.3, 0.4) is 0 Å². The third kappa shape index (κ3) is 6.52. The molecular formula is C22H26BrFN2O3. The van der Waals surface area contributed by atoms with Gasteiger partial charge in [0.05, 0.1) is 5.56 Å². The highest BCUT2D eigenvalue weighted by Gasteiger charge is 2.18. The molecule has 2 aromatic carbocycles. The fourth-order valence-electron chi connectivity index (χ4n) is 3.31. The van der Waals surface area contributed by atoms with Gasteiger partial charge in [-0.15, -0.1) is 0 Å². The second-order valence-corrected chi connectivity index (χ2v) is 7.98. The van der Waals surface area contributed by atoms with Gasteiger partial charge in [-0.2, -0.15) is 0 Å². The van der Waals surface area contributed by atoms with Crippen molar-refractivity contribution in [3.05, 3.63) is 63.9 Å². The molecule has 0 radical (unpaired) electrons. The summed E-state index contributed by atoms with van der Waals surface area (Å²) in [7, 11) is 2.12. The van der Waals surface area contributed by atoms with Crippen molar-refractivity contribution in [3.63, 3.8) is 0 Å². The van der Waals surface area contributed by atoms with Crippen LogP contribution in [0.5, 0.6) is 5.75 Å². The molecule has 1 amide bonds. The average Bonchev–Trinajstić information content (AvgIpc) is 2.73. The maximum atomic E-state index is 13.2. The Bertz CT molecular complexity index is 827. The van der Waals surface area contributed by atoms with Gasteiger partial charge in [0.2, 0.25) is 0 Å². The molecule has 0 unspecified atom stereocenters. The van der Waals surface area contributed by atoms with Crippen molar-refractivity contribution in [1.82, 2.24) is 10.2 Å². The molecule has 156 valence electrons. The van der Waals surface area contributed by atoms with E-state index in [9.17, 15) is 9.18 Å². The number of hydrogen-bond acceptors (Lipinski definition) is 4. The summed E-state index contributed by atoms with van der Waals surface area (Å²) < 4.78 is 24.9. The predicted octanol–water partition coefficient (Wildman–Crippen LogP) is 4.01. The molecule has 0 spiro atoms. The van der Waals surface area contributed by atoms with Crippen molar-refractivity contribution in [2.45, 2.75) is 25.4 Å². The van der Waals surface area contributed by atoms with E-state index in [2.05, 4.69) is 33.2 Å². The minimum Gasteiger partial charge on any atom is -0.492 e. The number of carbonyl (C=O) groups is 1. The van der Waals surface area contributed by atoms with Crippen LogP contribution < -0.4 is 10.1 Å². The number of halogens is 2. The monoisotopic (exact) mass is 464 g/mol. The zero-order valence-corrected chi connectivity index (χ0v) is 18.1. The largest absolute Gasteiger partial charge is 0.492 e. The van der Waals surface area contributed by atoms with E-state index < -0.39 is 0 Å². The average molecular weight is 465 g/mol. The molecule has 0 aliphatic carbocycles. The highest BCUT2D eigenvalue weighted by Crippen LogP contribution is 2.19. The third-order valence-corrected chi connectivity index (χ3v) is 5.71. The van der Waals surface area contributed by atoms with E-state index >= 15 is 0 Å². The van der Waals surface area contributed by atoms with Crippen molar-refractivity contribution >= 4 is 21.8 Å². The first-order valence-corrected chi connectivity index (χ1v) is 10.5. The first-order chi connectivity index (χ1) is 14.0. The van der Waals surface area contributed by atoms with Crippen LogP contribution in [0.1, 0.15) is 28.8 Å². The topological polar surface area (TPSA) is 50.8 Å². The number of benzene rings is 2. The molecule has 3 rings (SSSR count). The van der Waals surface area contributed by atoms with Gasteiger partial charge >= 0.3 is 0 Å². The van der Waals surface area contributed by atoms with E-state index in [1.807, 2.05) is 24.3 Å². The van der Waals surface area contributed by atoms with Gasteiger partial charge < -0.3 is 14.8 Å². The molecule has 1 aliphatic rings. The number of ether oxygens (including phenoxy) is 2. The quantitative estimate of drug-likeness (QED) is 0.641. The standard InChI is InChI=1S/C22H26BrFN2O3/c1-26(18-7-10-28-11-8-18)9-12-29-19-4-2-3-16(13-19)15-25-22(27)20-6-5-17(24)14-21(20)23/h2-6,13-14,18H,7-12,15H2,1H3,(H,25,27). The summed E-state index contributed by atoms with van der Waals surface area (Å²) in [5.41, 5.74) is 1.34. The maximum absolute atomic E-state index is 13.2. The van der Waals surface area contributed by atoms with E-state index in [0.29, 0.717) is 29.2 Å². The molecule has 1 heterocycles. The van der Waals surface area contributed by atoms with Gasteiger partial charge in [-0.25, -0.2) is 4.39 Å². The molecule has 1 aliphatic heterocycles. The van der Waals surface area contributed by atoms with Crippen LogP contribution in [0.2, 0.25) is 0 Å². The van der Waals surface area contributed by atoms with Crippen LogP contribution in [0.25, 0.3) is 0 Å². The first-order valence-electron chi connectivity index (χ1n) is 9.76. The van der Waals surface area contributed by atoms with Gasteiger partial charge in [0, 0.05) is 36.8 Å². The summed E-state index contributed by atoms with van der Waals surface area (Å²) in [4.78, 5) is 14.6. The van der Waals surface area contributed by atoms with E-state index in [1.54, 1.807) is 0 Å². The second-order valence-electron chi connectivity index (χ2n) is 7.13. The number of rotatable bonds is 8. The maximum Gasteiger partial charge on any atom is 0.252 e. The van der Waals surface area contributed by atoms with Gasteiger partial charge in [0.15, 0.2) is 0 Å². The lowest BCUT2D eigenvalue weighted by molar-refractivity contribution is 0.0392. The minimum atomic E-state index is -0.388. The Morgan fingerprint density at radius 1 is 1.28 bits per heavy atom. The summed E-state index contributed by atoms with van der Waals surface area (Å²) in [5, 5.41) is 2.85. The van der Waals surface area contributed by atoms with Crippen LogP contribution in [-0.4, -0.2) is 50.3 Å². The predicted molar refractivity (Wildman–Crippen MR) is 114 cm³/mol. The van der Waals surface area contributed by atoms with Crippen LogP contribution in [0.4, 0.5) is 4.39 Å². The third-order valence-electron chi connectivity index (χ3n) is 5.05. The molecule has 2 aromatic rings. The molecule has 1 fully saturated rings. The van der Waals surface area contributed by atoms with Crippen molar-refractivity contribution in [1.29, 1.82) is 0 Å². The lowest BCUT2D eigenvalue weighted by Gasteiger charge is -2.31. The summed E-state index contributed by atoms with van der Waals surface area (Å²) in [6, 6.07) is 12.2.